The van der Waals surface area contributed by atoms with E-state index < -0.39 is 0 Å². The molecule has 3 aromatic carbocycles. The molecule has 0 N–H and O–H groups in total. The van der Waals surface area contributed by atoms with Gasteiger partial charge in [0.15, 0.2) is 11.5 Å². The van der Waals surface area contributed by atoms with E-state index in [1.807, 2.05) is 42.5 Å². The number of rotatable bonds is 4. The predicted octanol–water partition coefficient (Wildman–Crippen LogP) is 4.44. The molecule has 0 fully saturated rings. The molecule has 0 aliphatic carbocycles. The Hall–Kier alpha value is -3.27. The number of benzene rings is 3. The van der Waals surface area contributed by atoms with E-state index >= 15 is 0 Å². The first-order valence-electron chi connectivity index (χ1n) is 8.01. The number of ether oxygens (including phenoxy) is 3. The molecule has 1 heterocycles. The van der Waals surface area contributed by atoms with Crippen LogP contribution in [0.5, 0.6) is 11.5 Å². The summed E-state index contributed by atoms with van der Waals surface area (Å²) in [5.74, 6) is 0.833. The topological polar surface area (TPSA) is 44.8 Å². The number of fused-ring (bicyclic) bond motifs is 1. The van der Waals surface area contributed by atoms with Gasteiger partial charge in [-0.05, 0) is 34.9 Å². The number of carbonyl (C=O) groups excluding carboxylic acids is 1. The van der Waals surface area contributed by atoms with Gasteiger partial charge in [0.1, 0.15) is 6.61 Å². The predicted molar refractivity (Wildman–Crippen MR) is 93.6 cm³/mol. The molecule has 0 radical (unpaired) electrons. The van der Waals surface area contributed by atoms with Crippen LogP contribution in [-0.4, -0.2) is 12.8 Å². The molecule has 0 saturated carbocycles. The summed E-state index contributed by atoms with van der Waals surface area (Å²) in [5.41, 5.74) is 3.68. The van der Waals surface area contributed by atoms with Crippen LogP contribution in [0.4, 0.5) is 0 Å². The van der Waals surface area contributed by atoms with Gasteiger partial charge in [-0.1, -0.05) is 54.6 Å². The molecule has 0 amide bonds. The Morgan fingerprint density at radius 3 is 2.36 bits per heavy atom. The van der Waals surface area contributed by atoms with Crippen molar-refractivity contribution in [3.63, 3.8) is 0 Å². The first-order valence-corrected chi connectivity index (χ1v) is 8.01. The Morgan fingerprint density at radius 2 is 1.56 bits per heavy atom. The van der Waals surface area contributed by atoms with Crippen molar-refractivity contribution in [2.45, 2.75) is 6.61 Å². The maximum Gasteiger partial charge on any atom is 0.338 e. The fourth-order valence-corrected chi connectivity index (χ4v) is 2.68. The maximum atomic E-state index is 12.2. The average Bonchev–Trinajstić information content (AvgIpc) is 3.15. The molecule has 0 atom stereocenters. The number of carbonyl (C=O) groups is 1. The van der Waals surface area contributed by atoms with Gasteiger partial charge in [-0.3, -0.25) is 0 Å². The Bertz CT molecular complexity index is 886. The van der Waals surface area contributed by atoms with Gasteiger partial charge < -0.3 is 14.2 Å². The highest BCUT2D eigenvalue weighted by Crippen LogP contribution is 2.32. The van der Waals surface area contributed by atoms with Crippen molar-refractivity contribution < 1.29 is 19.0 Å². The van der Waals surface area contributed by atoms with Crippen LogP contribution in [0.2, 0.25) is 0 Å². The Kier molecular flexibility index (Phi) is 4.09. The lowest BCUT2D eigenvalue weighted by Gasteiger charge is -2.07. The van der Waals surface area contributed by atoms with Gasteiger partial charge in [0.25, 0.3) is 0 Å². The SMILES string of the molecule is O=C(OCc1ccc(-c2ccccc2)cc1)c1ccc2c(c1)OCO2. The Balaban J connectivity index is 1.40. The van der Waals surface area contributed by atoms with Crippen molar-refractivity contribution in [2.75, 3.05) is 6.79 Å². The molecule has 4 nitrogen and oxygen atoms in total. The molecule has 25 heavy (non-hydrogen) atoms. The summed E-state index contributed by atoms with van der Waals surface area (Å²) in [6.45, 7) is 0.407. The van der Waals surface area contributed by atoms with Crippen LogP contribution in [0.1, 0.15) is 15.9 Å². The van der Waals surface area contributed by atoms with E-state index in [9.17, 15) is 4.79 Å². The summed E-state index contributed by atoms with van der Waals surface area (Å²) in [5, 5.41) is 0. The highest BCUT2D eigenvalue weighted by Gasteiger charge is 2.17. The van der Waals surface area contributed by atoms with Crippen molar-refractivity contribution in [3.8, 4) is 22.6 Å². The molecule has 0 saturated heterocycles. The second-order valence-electron chi connectivity index (χ2n) is 5.71. The van der Waals surface area contributed by atoms with Gasteiger partial charge in [0.05, 0.1) is 5.56 Å². The normalized spacial score (nSPS) is 12.0. The third-order valence-corrected chi connectivity index (χ3v) is 4.04. The van der Waals surface area contributed by atoms with E-state index in [0.717, 1.165) is 16.7 Å². The minimum Gasteiger partial charge on any atom is -0.457 e. The lowest BCUT2D eigenvalue weighted by atomic mass is 10.0. The average molecular weight is 332 g/mol. The van der Waals surface area contributed by atoms with Crippen molar-refractivity contribution in [2.24, 2.45) is 0 Å². The van der Waals surface area contributed by atoms with Gasteiger partial charge in [0, 0.05) is 0 Å². The highest BCUT2D eigenvalue weighted by atomic mass is 16.7. The summed E-state index contributed by atoms with van der Waals surface area (Å²) < 4.78 is 15.9. The van der Waals surface area contributed by atoms with Gasteiger partial charge in [-0.2, -0.15) is 0 Å². The zero-order chi connectivity index (χ0) is 17.1. The quantitative estimate of drug-likeness (QED) is 0.663. The van der Waals surface area contributed by atoms with Gasteiger partial charge in [-0.25, -0.2) is 4.79 Å². The van der Waals surface area contributed by atoms with Crippen molar-refractivity contribution in [3.05, 3.63) is 83.9 Å². The van der Waals surface area contributed by atoms with Gasteiger partial charge in [-0.15, -0.1) is 0 Å². The van der Waals surface area contributed by atoms with Gasteiger partial charge in [0.2, 0.25) is 6.79 Å². The van der Waals surface area contributed by atoms with Crippen LogP contribution < -0.4 is 9.47 Å². The molecule has 1 aliphatic heterocycles. The lowest BCUT2D eigenvalue weighted by Crippen LogP contribution is -2.05. The van der Waals surface area contributed by atoms with E-state index in [0.29, 0.717) is 17.1 Å². The highest BCUT2D eigenvalue weighted by molar-refractivity contribution is 5.90. The van der Waals surface area contributed by atoms with Crippen molar-refractivity contribution in [1.82, 2.24) is 0 Å². The summed E-state index contributed by atoms with van der Waals surface area (Å²) >= 11 is 0. The zero-order valence-corrected chi connectivity index (χ0v) is 13.5. The summed E-state index contributed by atoms with van der Waals surface area (Å²) in [7, 11) is 0. The fourth-order valence-electron chi connectivity index (χ4n) is 2.68. The van der Waals surface area contributed by atoms with Crippen LogP contribution in [-0.2, 0) is 11.3 Å². The van der Waals surface area contributed by atoms with E-state index in [4.69, 9.17) is 14.2 Å². The lowest BCUT2D eigenvalue weighted by molar-refractivity contribution is 0.0472. The molecule has 124 valence electrons. The second kappa shape index (κ2) is 6.69. The Labute approximate surface area is 145 Å². The Morgan fingerprint density at radius 1 is 0.840 bits per heavy atom. The first-order chi connectivity index (χ1) is 12.3. The third kappa shape index (κ3) is 3.33. The molecule has 0 spiro atoms. The van der Waals surface area contributed by atoms with Gasteiger partial charge >= 0.3 is 5.97 Å². The van der Waals surface area contributed by atoms with E-state index in [2.05, 4.69) is 12.1 Å². The van der Waals surface area contributed by atoms with Crippen LogP contribution in [0.15, 0.2) is 72.8 Å². The third-order valence-electron chi connectivity index (χ3n) is 4.04. The van der Waals surface area contributed by atoms with Crippen LogP contribution >= 0.6 is 0 Å². The molecular formula is C21H16O4. The summed E-state index contributed by atoms with van der Waals surface area (Å²) in [6, 6.07) is 23.2. The minimum atomic E-state index is -0.384. The van der Waals surface area contributed by atoms with E-state index in [1.165, 1.54) is 0 Å². The minimum absolute atomic E-state index is 0.182. The molecular weight excluding hydrogens is 316 g/mol. The summed E-state index contributed by atoms with van der Waals surface area (Å²) in [4.78, 5) is 12.2. The van der Waals surface area contributed by atoms with Crippen molar-refractivity contribution in [1.29, 1.82) is 0 Å². The first kappa shape index (κ1) is 15.3. The maximum absolute atomic E-state index is 12.2. The summed E-state index contributed by atoms with van der Waals surface area (Å²) in [6.07, 6.45) is 0. The second-order valence-corrected chi connectivity index (χ2v) is 5.71. The molecule has 1 aliphatic rings. The standard InChI is InChI=1S/C21H16O4/c22-21(18-10-11-19-20(12-18)25-14-24-19)23-13-15-6-8-17(9-7-15)16-4-2-1-3-5-16/h1-12H,13-14H2. The zero-order valence-electron chi connectivity index (χ0n) is 13.5. The molecule has 0 bridgehead atoms. The molecule has 3 aromatic rings. The van der Waals surface area contributed by atoms with E-state index in [1.54, 1.807) is 18.2 Å². The van der Waals surface area contributed by atoms with E-state index in [-0.39, 0.29) is 19.4 Å². The van der Waals surface area contributed by atoms with Crippen LogP contribution in [0.3, 0.4) is 0 Å². The molecule has 0 unspecified atom stereocenters. The van der Waals surface area contributed by atoms with Crippen molar-refractivity contribution >= 4 is 5.97 Å². The molecule has 4 rings (SSSR count). The monoisotopic (exact) mass is 332 g/mol. The number of hydrogen-bond donors (Lipinski definition) is 0. The van der Waals surface area contributed by atoms with Crippen LogP contribution in [0.25, 0.3) is 11.1 Å². The fraction of sp³-hybridized carbons (Fsp3) is 0.0952. The number of esters is 1. The smallest absolute Gasteiger partial charge is 0.338 e. The number of hydrogen-bond acceptors (Lipinski definition) is 4. The van der Waals surface area contributed by atoms with Crippen LogP contribution in [0, 0.1) is 0 Å². The molecule has 4 heteroatoms. The molecule has 0 aromatic heterocycles. The largest absolute Gasteiger partial charge is 0.457 e.